The maximum Gasteiger partial charge on any atom is 0.339 e. The van der Waals surface area contributed by atoms with Crippen LogP contribution in [0.5, 0.6) is 0 Å². The van der Waals surface area contributed by atoms with E-state index in [4.69, 9.17) is 4.74 Å². The number of rotatable bonds is 3. The second-order valence-electron chi connectivity index (χ2n) is 6.76. The van der Waals surface area contributed by atoms with Crippen molar-refractivity contribution in [2.45, 2.75) is 46.3 Å². The van der Waals surface area contributed by atoms with Gasteiger partial charge in [0, 0.05) is 11.7 Å². The molecule has 0 saturated carbocycles. The number of ether oxygens (including phenoxy) is 1. The highest BCUT2D eigenvalue weighted by Gasteiger charge is 2.34. The number of para-hydroxylation sites is 1. The smallest absolute Gasteiger partial charge is 0.339 e. The average Bonchev–Trinajstić information content (AvgIpc) is 2.89. The van der Waals surface area contributed by atoms with Gasteiger partial charge >= 0.3 is 5.97 Å². The molecule has 25 heavy (non-hydrogen) atoms. The number of benzene rings is 2. The summed E-state index contributed by atoms with van der Waals surface area (Å²) in [7, 11) is 0. The maximum atomic E-state index is 12.9. The second kappa shape index (κ2) is 6.71. The first kappa shape index (κ1) is 17.2. The summed E-state index contributed by atoms with van der Waals surface area (Å²) < 4.78 is 5.46. The fourth-order valence-electron chi connectivity index (χ4n) is 3.41. The van der Waals surface area contributed by atoms with Gasteiger partial charge in [0.15, 0.2) is 6.10 Å². The Morgan fingerprint density at radius 1 is 1.16 bits per heavy atom. The van der Waals surface area contributed by atoms with Crippen LogP contribution in [-0.4, -0.2) is 24.0 Å². The van der Waals surface area contributed by atoms with Crippen LogP contribution in [0.2, 0.25) is 0 Å². The monoisotopic (exact) mass is 337 g/mol. The Bertz CT molecular complexity index is 828. The van der Waals surface area contributed by atoms with Gasteiger partial charge in [0.2, 0.25) is 0 Å². The molecule has 1 heterocycles. The average molecular weight is 337 g/mol. The largest absolute Gasteiger partial charge is 0.449 e. The molecule has 0 aliphatic carbocycles. The van der Waals surface area contributed by atoms with E-state index in [0.29, 0.717) is 5.56 Å². The third kappa shape index (κ3) is 3.29. The normalized spacial score (nSPS) is 17.1. The van der Waals surface area contributed by atoms with Gasteiger partial charge in [0.1, 0.15) is 0 Å². The molecule has 0 N–H and O–H groups in total. The molecule has 130 valence electrons. The minimum absolute atomic E-state index is 0.0622. The topological polar surface area (TPSA) is 46.6 Å². The van der Waals surface area contributed by atoms with Crippen LogP contribution in [0.15, 0.2) is 42.5 Å². The summed E-state index contributed by atoms with van der Waals surface area (Å²) in [5, 5.41) is 0. The lowest BCUT2D eigenvalue weighted by Gasteiger charge is -2.26. The molecule has 2 aromatic carbocycles. The Morgan fingerprint density at radius 2 is 1.88 bits per heavy atom. The molecule has 0 bridgehead atoms. The lowest BCUT2D eigenvalue weighted by molar-refractivity contribution is -0.126. The van der Waals surface area contributed by atoms with Crippen molar-refractivity contribution in [1.29, 1.82) is 0 Å². The highest BCUT2D eigenvalue weighted by molar-refractivity contribution is 6.01. The Kier molecular flexibility index (Phi) is 4.62. The molecule has 4 nitrogen and oxygen atoms in total. The Hall–Kier alpha value is -2.62. The number of aryl methyl sites for hydroxylation is 2. The maximum absolute atomic E-state index is 12.9. The number of esters is 1. The van der Waals surface area contributed by atoms with Gasteiger partial charge in [0.05, 0.1) is 5.56 Å². The number of hydrogen-bond acceptors (Lipinski definition) is 3. The fraction of sp³-hybridized carbons (Fsp3) is 0.333. The summed E-state index contributed by atoms with van der Waals surface area (Å²) >= 11 is 0. The zero-order valence-corrected chi connectivity index (χ0v) is 15.1. The SMILES string of the molecule is Cc1ccc(C(=O)O[C@H](C)C(=O)N2c3ccccc3C[C@H]2C)c(C)c1. The lowest BCUT2D eigenvalue weighted by Crippen LogP contribution is -2.43. The van der Waals surface area contributed by atoms with Crippen molar-refractivity contribution in [2.75, 3.05) is 4.90 Å². The van der Waals surface area contributed by atoms with Gasteiger partial charge in [-0.2, -0.15) is 0 Å². The Labute approximate surface area is 148 Å². The summed E-state index contributed by atoms with van der Waals surface area (Å²) in [5.41, 5.74) is 4.50. The molecule has 0 saturated heterocycles. The minimum Gasteiger partial charge on any atom is -0.449 e. The van der Waals surface area contributed by atoms with Crippen LogP contribution in [0.1, 0.15) is 40.9 Å². The van der Waals surface area contributed by atoms with Crippen LogP contribution in [-0.2, 0) is 16.0 Å². The highest BCUT2D eigenvalue weighted by Crippen LogP contribution is 2.32. The van der Waals surface area contributed by atoms with Crippen LogP contribution in [0.3, 0.4) is 0 Å². The van der Waals surface area contributed by atoms with Gasteiger partial charge in [-0.1, -0.05) is 35.9 Å². The minimum atomic E-state index is -0.832. The van der Waals surface area contributed by atoms with Crippen molar-refractivity contribution >= 4 is 17.6 Å². The molecule has 2 atom stereocenters. The molecule has 0 unspecified atom stereocenters. The lowest BCUT2D eigenvalue weighted by atomic mass is 10.1. The molecular formula is C21H23NO3. The number of carbonyl (C=O) groups excluding carboxylic acids is 2. The van der Waals surface area contributed by atoms with Crippen LogP contribution < -0.4 is 4.90 Å². The van der Waals surface area contributed by atoms with E-state index in [2.05, 4.69) is 0 Å². The van der Waals surface area contributed by atoms with Gasteiger partial charge in [0.25, 0.3) is 5.91 Å². The first-order valence-corrected chi connectivity index (χ1v) is 8.57. The molecule has 1 aliphatic rings. The van der Waals surface area contributed by atoms with Crippen molar-refractivity contribution in [3.05, 3.63) is 64.7 Å². The fourth-order valence-corrected chi connectivity index (χ4v) is 3.41. The number of anilines is 1. The van der Waals surface area contributed by atoms with E-state index in [-0.39, 0.29) is 11.9 Å². The number of hydrogen-bond donors (Lipinski definition) is 0. The predicted octanol–water partition coefficient (Wildman–Crippen LogP) is 3.83. The zero-order valence-electron chi connectivity index (χ0n) is 15.1. The molecule has 0 aromatic heterocycles. The molecular weight excluding hydrogens is 314 g/mol. The van der Waals surface area contributed by atoms with Crippen molar-refractivity contribution in [2.24, 2.45) is 0 Å². The highest BCUT2D eigenvalue weighted by atomic mass is 16.5. The van der Waals surface area contributed by atoms with E-state index in [9.17, 15) is 9.59 Å². The van der Waals surface area contributed by atoms with E-state index in [1.165, 1.54) is 0 Å². The van der Waals surface area contributed by atoms with Crippen LogP contribution in [0, 0.1) is 13.8 Å². The summed E-state index contributed by atoms with van der Waals surface area (Å²) in [6.45, 7) is 7.49. The van der Waals surface area contributed by atoms with E-state index in [1.54, 1.807) is 17.9 Å². The van der Waals surface area contributed by atoms with E-state index >= 15 is 0 Å². The first-order chi connectivity index (χ1) is 11.9. The van der Waals surface area contributed by atoms with Crippen molar-refractivity contribution in [1.82, 2.24) is 0 Å². The number of amides is 1. The molecule has 0 spiro atoms. The van der Waals surface area contributed by atoms with Crippen molar-refractivity contribution in [3.63, 3.8) is 0 Å². The van der Waals surface area contributed by atoms with Crippen LogP contribution >= 0.6 is 0 Å². The van der Waals surface area contributed by atoms with Gasteiger partial charge in [-0.15, -0.1) is 0 Å². The van der Waals surface area contributed by atoms with Crippen LogP contribution in [0.25, 0.3) is 0 Å². The molecule has 2 aromatic rings. The second-order valence-corrected chi connectivity index (χ2v) is 6.76. The van der Waals surface area contributed by atoms with E-state index in [0.717, 1.165) is 28.8 Å². The number of nitrogens with zero attached hydrogens (tertiary/aromatic N) is 1. The molecule has 0 fully saturated rings. The van der Waals surface area contributed by atoms with Gasteiger partial charge < -0.3 is 9.64 Å². The van der Waals surface area contributed by atoms with E-state index < -0.39 is 12.1 Å². The zero-order chi connectivity index (χ0) is 18.1. The van der Waals surface area contributed by atoms with Crippen molar-refractivity contribution in [3.8, 4) is 0 Å². The van der Waals surface area contributed by atoms with Gasteiger partial charge in [-0.05, 0) is 57.4 Å². The molecule has 0 radical (unpaired) electrons. The summed E-state index contributed by atoms with van der Waals surface area (Å²) in [4.78, 5) is 27.1. The van der Waals surface area contributed by atoms with E-state index in [1.807, 2.05) is 57.2 Å². The first-order valence-electron chi connectivity index (χ1n) is 8.57. The number of fused-ring (bicyclic) bond motifs is 1. The quantitative estimate of drug-likeness (QED) is 0.800. The summed E-state index contributed by atoms with van der Waals surface area (Å²) in [6, 6.07) is 13.5. The molecule has 3 rings (SSSR count). The Balaban J connectivity index is 1.76. The molecule has 4 heteroatoms. The van der Waals surface area contributed by atoms with Gasteiger partial charge in [-0.25, -0.2) is 4.79 Å². The summed E-state index contributed by atoms with van der Waals surface area (Å²) in [5.74, 6) is -0.644. The molecule has 1 amide bonds. The third-order valence-corrected chi connectivity index (χ3v) is 4.68. The predicted molar refractivity (Wildman–Crippen MR) is 97.9 cm³/mol. The Morgan fingerprint density at radius 3 is 2.60 bits per heavy atom. The van der Waals surface area contributed by atoms with Crippen molar-refractivity contribution < 1.29 is 14.3 Å². The standard InChI is InChI=1S/C21H23NO3/c1-13-9-10-18(14(2)11-13)21(24)25-16(4)20(23)22-15(3)12-17-7-5-6-8-19(17)22/h5-11,15-16H,12H2,1-4H3/t15-,16-/m1/s1. The van der Waals surface area contributed by atoms with Gasteiger partial charge in [-0.3, -0.25) is 4.79 Å². The molecule has 1 aliphatic heterocycles. The van der Waals surface area contributed by atoms with Crippen LogP contribution in [0.4, 0.5) is 5.69 Å². The summed E-state index contributed by atoms with van der Waals surface area (Å²) in [6.07, 6.45) is -0.0126. The number of carbonyl (C=O) groups is 2. The third-order valence-electron chi connectivity index (χ3n) is 4.68.